The number of para-hydroxylation sites is 2. The lowest BCUT2D eigenvalue weighted by Gasteiger charge is -2.33. The van der Waals surface area contributed by atoms with Gasteiger partial charge < -0.3 is 16.0 Å². The highest BCUT2D eigenvalue weighted by Crippen LogP contribution is 2.35. The molecule has 0 bridgehead atoms. The highest BCUT2D eigenvalue weighted by Gasteiger charge is 2.48. The molecule has 1 aliphatic carbocycles. The summed E-state index contributed by atoms with van der Waals surface area (Å²) in [7, 11) is 0. The summed E-state index contributed by atoms with van der Waals surface area (Å²) >= 11 is 5.87. The average Bonchev–Trinajstić information content (AvgIpc) is 3.02. The molecule has 2 fully saturated rings. The first-order valence-electron chi connectivity index (χ1n) is 9.97. The molecule has 1 aliphatic heterocycles. The van der Waals surface area contributed by atoms with E-state index < -0.39 is 11.6 Å². The van der Waals surface area contributed by atoms with Crippen LogP contribution >= 0.6 is 11.6 Å². The fraction of sp³-hybridized carbons (Fsp3) is 0.273. The third-order valence-electron chi connectivity index (χ3n) is 5.76. The molecule has 1 saturated carbocycles. The number of nitrogens with one attached hydrogen (secondary N) is 4. The van der Waals surface area contributed by atoms with E-state index in [1.165, 1.54) is 0 Å². The van der Waals surface area contributed by atoms with Crippen molar-refractivity contribution in [3.63, 3.8) is 0 Å². The molecular weight excluding hydrogens is 420 g/mol. The second-order valence-electron chi connectivity index (χ2n) is 7.76. The summed E-state index contributed by atoms with van der Waals surface area (Å²) in [5, 5.41) is 11.2. The molecule has 1 spiro atoms. The molecule has 2 aromatic rings. The Morgan fingerprint density at radius 1 is 0.935 bits per heavy atom. The molecule has 2 aromatic carbocycles. The number of urea groups is 1. The van der Waals surface area contributed by atoms with Gasteiger partial charge in [-0.05, 0) is 62.1 Å². The van der Waals surface area contributed by atoms with Crippen LogP contribution in [0, 0.1) is 5.92 Å². The summed E-state index contributed by atoms with van der Waals surface area (Å²) in [6.07, 6.45) is 1.74. The van der Waals surface area contributed by atoms with Crippen molar-refractivity contribution in [2.24, 2.45) is 5.92 Å². The SMILES string of the molecule is O=C1NC(=O)C2(CCC(C(=O)Nc3ccccc3NC(=O)c3ccc(Cl)cc3)CC2)N1. The first-order chi connectivity index (χ1) is 14.9. The van der Waals surface area contributed by atoms with Gasteiger partial charge in [-0.2, -0.15) is 0 Å². The third-order valence-corrected chi connectivity index (χ3v) is 6.02. The molecule has 1 heterocycles. The van der Waals surface area contributed by atoms with Gasteiger partial charge >= 0.3 is 6.03 Å². The Hall–Kier alpha value is -3.39. The monoisotopic (exact) mass is 440 g/mol. The quantitative estimate of drug-likeness (QED) is 0.546. The Morgan fingerprint density at radius 3 is 2.13 bits per heavy atom. The third kappa shape index (κ3) is 4.39. The number of carbonyl (C=O) groups is 4. The largest absolute Gasteiger partial charge is 0.324 e. The molecule has 9 heteroatoms. The summed E-state index contributed by atoms with van der Waals surface area (Å²) in [5.41, 5.74) is 0.505. The number of rotatable bonds is 4. The van der Waals surface area contributed by atoms with Crippen molar-refractivity contribution in [3.05, 3.63) is 59.1 Å². The zero-order chi connectivity index (χ0) is 22.0. The molecule has 160 valence electrons. The second kappa shape index (κ2) is 8.39. The van der Waals surface area contributed by atoms with Crippen LogP contribution in [0.5, 0.6) is 0 Å². The standard InChI is InChI=1S/C22H21ClN4O4/c23-15-7-5-13(6-8-15)18(28)24-16-3-1-2-4-17(16)25-19(29)14-9-11-22(12-10-14)20(30)26-21(31)27-22/h1-8,14H,9-12H2,(H,24,28)(H,25,29)(H2,26,27,30,31). The van der Waals surface area contributed by atoms with Gasteiger partial charge in [0, 0.05) is 16.5 Å². The van der Waals surface area contributed by atoms with Gasteiger partial charge in [0.1, 0.15) is 5.54 Å². The van der Waals surface area contributed by atoms with E-state index in [1.807, 2.05) is 0 Å². The Bertz CT molecular complexity index is 1050. The first kappa shape index (κ1) is 20.9. The summed E-state index contributed by atoms with van der Waals surface area (Å²) in [4.78, 5) is 48.9. The normalized spacial score (nSPS) is 22.5. The van der Waals surface area contributed by atoms with Crippen LogP contribution in [0.3, 0.4) is 0 Å². The molecule has 0 unspecified atom stereocenters. The number of benzene rings is 2. The molecule has 0 atom stereocenters. The molecule has 31 heavy (non-hydrogen) atoms. The van der Waals surface area contributed by atoms with Gasteiger partial charge in [0.15, 0.2) is 0 Å². The predicted molar refractivity (Wildman–Crippen MR) is 116 cm³/mol. The smallest absolute Gasteiger partial charge is 0.322 e. The number of imide groups is 1. The molecule has 4 N–H and O–H groups in total. The molecule has 0 aromatic heterocycles. The highest BCUT2D eigenvalue weighted by atomic mass is 35.5. The van der Waals surface area contributed by atoms with Gasteiger partial charge in [0.25, 0.3) is 11.8 Å². The van der Waals surface area contributed by atoms with E-state index in [9.17, 15) is 19.2 Å². The Balaban J connectivity index is 1.40. The lowest BCUT2D eigenvalue weighted by Crippen LogP contribution is -2.50. The fourth-order valence-corrected chi connectivity index (χ4v) is 4.11. The van der Waals surface area contributed by atoms with Gasteiger partial charge in [-0.1, -0.05) is 23.7 Å². The predicted octanol–water partition coefficient (Wildman–Crippen LogP) is 3.30. The Morgan fingerprint density at radius 2 is 1.55 bits per heavy atom. The van der Waals surface area contributed by atoms with Crippen LogP contribution in [0.4, 0.5) is 16.2 Å². The minimum absolute atomic E-state index is 0.187. The minimum atomic E-state index is -0.904. The molecule has 8 nitrogen and oxygen atoms in total. The van der Waals surface area contributed by atoms with Crippen LogP contribution in [-0.2, 0) is 9.59 Å². The van der Waals surface area contributed by atoms with Crippen molar-refractivity contribution in [2.45, 2.75) is 31.2 Å². The lowest BCUT2D eigenvalue weighted by molar-refractivity contribution is -0.128. The van der Waals surface area contributed by atoms with Crippen LogP contribution in [0.15, 0.2) is 48.5 Å². The lowest BCUT2D eigenvalue weighted by atomic mass is 9.76. The average molecular weight is 441 g/mol. The number of hydrogen-bond acceptors (Lipinski definition) is 4. The molecule has 1 saturated heterocycles. The van der Waals surface area contributed by atoms with E-state index in [1.54, 1.807) is 48.5 Å². The molecular formula is C22H21ClN4O4. The zero-order valence-corrected chi connectivity index (χ0v) is 17.3. The van der Waals surface area contributed by atoms with E-state index in [0.717, 1.165) is 0 Å². The van der Waals surface area contributed by atoms with Crippen LogP contribution < -0.4 is 21.3 Å². The van der Waals surface area contributed by atoms with Gasteiger partial charge in [-0.3, -0.25) is 19.7 Å². The fourth-order valence-electron chi connectivity index (χ4n) is 3.98. The summed E-state index contributed by atoms with van der Waals surface area (Å²) in [6, 6.07) is 13.0. The second-order valence-corrected chi connectivity index (χ2v) is 8.20. The Kier molecular flexibility index (Phi) is 5.65. The van der Waals surface area contributed by atoms with Crippen molar-refractivity contribution in [2.75, 3.05) is 10.6 Å². The van der Waals surface area contributed by atoms with E-state index in [-0.39, 0.29) is 23.6 Å². The van der Waals surface area contributed by atoms with Gasteiger partial charge in [-0.15, -0.1) is 0 Å². The van der Waals surface area contributed by atoms with Crippen LogP contribution in [-0.4, -0.2) is 29.3 Å². The van der Waals surface area contributed by atoms with Gasteiger partial charge in [-0.25, -0.2) is 4.79 Å². The maximum absolute atomic E-state index is 12.8. The maximum atomic E-state index is 12.8. The summed E-state index contributed by atoms with van der Waals surface area (Å²) < 4.78 is 0. The summed E-state index contributed by atoms with van der Waals surface area (Å²) in [5.74, 6) is -1.13. The van der Waals surface area contributed by atoms with E-state index >= 15 is 0 Å². The van der Waals surface area contributed by atoms with E-state index in [2.05, 4.69) is 21.3 Å². The molecule has 4 rings (SSSR count). The molecule has 2 aliphatic rings. The maximum Gasteiger partial charge on any atom is 0.322 e. The highest BCUT2D eigenvalue weighted by molar-refractivity contribution is 6.30. The van der Waals surface area contributed by atoms with Gasteiger partial charge in [0.05, 0.1) is 11.4 Å². The van der Waals surface area contributed by atoms with Crippen molar-refractivity contribution in [3.8, 4) is 0 Å². The number of anilines is 2. The van der Waals surface area contributed by atoms with E-state index in [4.69, 9.17) is 11.6 Å². The number of carbonyl (C=O) groups excluding carboxylic acids is 4. The van der Waals surface area contributed by atoms with Crippen LogP contribution in [0.25, 0.3) is 0 Å². The van der Waals surface area contributed by atoms with Gasteiger partial charge in [0.2, 0.25) is 5.91 Å². The van der Waals surface area contributed by atoms with E-state index in [0.29, 0.717) is 47.6 Å². The van der Waals surface area contributed by atoms with Crippen LogP contribution in [0.1, 0.15) is 36.0 Å². The van der Waals surface area contributed by atoms with Crippen molar-refractivity contribution >= 4 is 46.7 Å². The first-order valence-corrected chi connectivity index (χ1v) is 10.3. The van der Waals surface area contributed by atoms with Crippen molar-refractivity contribution in [1.82, 2.24) is 10.6 Å². The number of halogens is 1. The number of hydrogen-bond donors (Lipinski definition) is 4. The van der Waals surface area contributed by atoms with Crippen molar-refractivity contribution in [1.29, 1.82) is 0 Å². The van der Waals surface area contributed by atoms with Crippen molar-refractivity contribution < 1.29 is 19.2 Å². The topological polar surface area (TPSA) is 116 Å². The molecule has 0 radical (unpaired) electrons. The minimum Gasteiger partial charge on any atom is -0.324 e. The Labute approximate surface area is 183 Å². The zero-order valence-electron chi connectivity index (χ0n) is 16.5. The van der Waals surface area contributed by atoms with Crippen LogP contribution in [0.2, 0.25) is 5.02 Å². The molecule has 5 amide bonds. The number of amides is 5. The summed E-state index contributed by atoms with van der Waals surface area (Å²) in [6.45, 7) is 0.